The Labute approximate surface area is 135 Å². The normalized spacial score (nSPS) is 19.0. The number of hydrogen-bond donors (Lipinski definition) is 1. The fourth-order valence-electron chi connectivity index (χ4n) is 3.16. The topological polar surface area (TPSA) is 24.5 Å². The molecule has 1 N–H and O–H groups in total. The zero-order valence-corrected chi connectivity index (χ0v) is 13.8. The van der Waals surface area contributed by atoms with Gasteiger partial charge in [-0.3, -0.25) is 4.90 Å². The number of nitrogens with zero attached hydrogens (tertiary/aromatic N) is 1. The molecule has 1 fully saturated rings. The Bertz CT molecular complexity index is 544. The van der Waals surface area contributed by atoms with Crippen LogP contribution in [0.3, 0.4) is 0 Å². The van der Waals surface area contributed by atoms with E-state index in [9.17, 15) is 0 Å². The van der Waals surface area contributed by atoms with Crippen molar-refractivity contribution in [2.75, 3.05) is 26.2 Å². The zero-order valence-electron chi connectivity index (χ0n) is 12.2. The molecule has 3 rings (SSSR count). The van der Waals surface area contributed by atoms with Crippen molar-refractivity contribution in [2.45, 2.75) is 31.8 Å². The summed E-state index contributed by atoms with van der Waals surface area (Å²) in [5.74, 6) is 3.82. The molecule has 0 spiro atoms. The van der Waals surface area contributed by atoms with Gasteiger partial charge < -0.3 is 10.1 Å². The quantitative estimate of drug-likeness (QED) is 0.846. The van der Waals surface area contributed by atoms with Crippen LogP contribution < -0.4 is 10.1 Å². The molecule has 112 valence electrons. The van der Waals surface area contributed by atoms with E-state index < -0.39 is 0 Å². The molecule has 0 saturated carbocycles. The van der Waals surface area contributed by atoms with Gasteiger partial charge in [0.2, 0.25) is 0 Å². The van der Waals surface area contributed by atoms with Gasteiger partial charge in [-0.1, -0.05) is 21.9 Å². The van der Waals surface area contributed by atoms with E-state index in [0.29, 0.717) is 6.04 Å². The van der Waals surface area contributed by atoms with Crippen molar-refractivity contribution < 1.29 is 4.74 Å². The predicted octanol–water partition coefficient (Wildman–Crippen LogP) is 2.57. The van der Waals surface area contributed by atoms with Crippen molar-refractivity contribution in [3.63, 3.8) is 0 Å². The third-order valence-corrected chi connectivity index (χ3v) is 4.77. The van der Waals surface area contributed by atoms with Gasteiger partial charge >= 0.3 is 0 Å². The SMILES string of the molecule is C#CCN1CCC(NCc2cc(Br)cc3c2OCC3)CC1. The predicted molar refractivity (Wildman–Crippen MR) is 88.5 cm³/mol. The average molecular weight is 349 g/mol. The molecule has 21 heavy (non-hydrogen) atoms. The van der Waals surface area contributed by atoms with Crippen LogP contribution in [-0.4, -0.2) is 37.2 Å². The third-order valence-electron chi connectivity index (χ3n) is 4.31. The van der Waals surface area contributed by atoms with E-state index in [-0.39, 0.29) is 0 Å². The van der Waals surface area contributed by atoms with Gasteiger partial charge in [0.25, 0.3) is 0 Å². The first-order valence-corrected chi connectivity index (χ1v) is 8.39. The van der Waals surface area contributed by atoms with Crippen molar-refractivity contribution >= 4 is 15.9 Å². The summed E-state index contributed by atoms with van der Waals surface area (Å²) < 4.78 is 6.93. The molecule has 0 bridgehead atoms. The van der Waals surface area contributed by atoms with Gasteiger partial charge in [0.15, 0.2) is 0 Å². The van der Waals surface area contributed by atoms with E-state index in [2.05, 4.69) is 44.2 Å². The molecule has 2 aliphatic rings. The Hall–Kier alpha value is -1.02. The minimum atomic E-state index is 0.579. The van der Waals surface area contributed by atoms with E-state index in [1.165, 1.54) is 24.0 Å². The minimum absolute atomic E-state index is 0.579. The lowest BCUT2D eigenvalue weighted by molar-refractivity contribution is 0.217. The number of piperidine rings is 1. The van der Waals surface area contributed by atoms with E-state index in [4.69, 9.17) is 11.2 Å². The van der Waals surface area contributed by atoms with E-state index in [0.717, 1.165) is 49.4 Å². The Balaban J connectivity index is 1.56. The summed E-state index contributed by atoms with van der Waals surface area (Å²) in [5.41, 5.74) is 2.59. The highest BCUT2D eigenvalue weighted by molar-refractivity contribution is 9.10. The molecule has 1 aromatic carbocycles. The van der Waals surface area contributed by atoms with Gasteiger partial charge in [-0.25, -0.2) is 0 Å². The van der Waals surface area contributed by atoms with Crippen LogP contribution in [0.15, 0.2) is 16.6 Å². The monoisotopic (exact) mass is 348 g/mol. The van der Waals surface area contributed by atoms with Crippen LogP contribution in [0.25, 0.3) is 0 Å². The second-order valence-corrected chi connectivity index (χ2v) is 6.70. The van der Waals surface area contributed by atoms with Crippen molar-refractivity contribution in [2.24, 2.45) is 0 Å². The molecule has 4 heteroatoms. The lowest BCUT2D eigenvalue weighted by atomic mass is 10.0. The number of halogens is 1. The molecule has 0 amide bonds. The molecule has 2 aliphatic heterocycles. The molecular weight excluding hydrogens is 328 g/mol. The van der Waals surface area contributed by atoms with Crippen LogP contribution >= 0.6 is 15.9 Å². The summed E-state index contributed by atoms with van der Waals surface area (Å²) in [7, 11) is 0. The van der Waals surface area contributed by atoms with Crippen LogP contribution in [-0.2, 0) is 13.0 Å². The Kier molecular flexibility index (Phi) is 4.84. The number of nitrogens with one attached hydrogen (secondary N) is 1. The number of benzene rings is 1. The minimum Gasteiger partial charge on any atom is -0.493 e. The Morgan fingerprint density at radius 2 is 2.19 bits per heavy atom. The largest absolute Gasteiger partial charge is 0.493 e. The second-order valence-electron chi connectivity index (χ2n) is 5.79. The summed E-state index contributed by atoms with van der Waals surface area (Å²) in [6.07, 6.45) is 8.72. The molecule has 1 saturated heterocycles. The Morgan fingerprint density at radius 1 is 1.38 bits per heavy atom. The van der Waals surface area contributed by atoms with E-state index >= 15 is 0 Å². The van der Waals surface area contributed by atoms with Gasteiger partial charge in [-0.2, -0.15) is 0 Å². The lowest BCUT2D eigenvalue weighted by Gasteiger charge is -2.31. The molecule has 0 atom stereocenters. The van der Waals surface area contributed by atoms with Gasteiger partial charge in [0.05, 0.1) is 13.2 Å². The second kappa shape index (κ2) is 6.83. The fourth-order valence-corrected chi connectivity index (χ4v) is 3.71. The third kappa shape index (κ3) is 3.60. The van der Waals surface area contributed by atoms with Crippen LogP contribution in [0.4, 0.5) is 0 Å². The van der Waals surface area contributed by atoms with Crippen LogP contribution in [0.5, 0.6) is 5.75 Å². The standard InChI is InChI=1S/C17H21BrN2O/c1-2-6-20-7-3-16(4-8-20)19-12-14-11-15(18)10-13-5-9-21-17(13)14/h1,10-11,16,19H,3-9,12H2. The van der Waals surface area contributed by atoms with Gasteiger partial charge in [-0.15, -0.1) is 6.42 Å². The highest BCUT2D eigenvalue weighted by Crippen LogP contribution is 2.33. The summed E-state index contributed by atoms with van der Waals surface area (Å²) in [4.78, 5) is 2.35. The zero-order chi connectivity index (χ0) is 14.7. The van der Waals surface area contributed by atoms with Crippen molar-refractivity contribution in [3.05, 3.63) is 27.7 Å². The first-order chi connectivity index (χ1) is 10.3. The fraction of sp³-hybridized carbons (Fsp3) is 0.529. The molecule has 0 aromatic heterocycles. The average Bonchev–Trinajstić information content (AvgIpc) is 2.94. The maximum Gasteiger partial charge on any atom is 0.127 e. The first kappa shape index (κ1) is 14.9. The molecular formula is C17H21BrN2O. The number of fused-ring (bicyclic) bond motifs is 1. The lowest BCUT2D eigenvalue weighted by Crippen LogP contribution is -2.42. The van der Waals surface area contributed by atoms with Gasteiger partial charge in [-0.05, 0) is 30.5 Å². The van der Waals surface area contributed by atoms with Gasteiger partial charge in [0, 0.05) is 42.1 Å². The molecule has 1 aromatic rings. The van der Waals surface area contributed by atoms with Crippen LogP contribution in [0, 0.1) is 12.3 Å². The van der Waals surface area contributed by atoms with Crippen LogP contribution in [0.2, 0.25) is 0 Å². The van der Waals surface area contributed by atoms with Crippen LogP contribution in [0.1, 0.15) is 24.0 Å². The maximum atomic E-state index is 5.78. The molecule has 0 unspecified atom stereocenters. The molecule has 2 heterocycles. The molecule has 0 aliphatic carbocycles. The molecule has 3 nitrogen and oxygen atoms in total. The highest BCUT2D eigenvalue weighted by Gasteiger charge is 2.20. The number of rotatable bonds is 4. The van der Waals surface area contributed by atoms with E-state index in [1.807, 2.05) is 0 Å². The van der Waals surface area contributed by atoms with E-state index in [1.54, 1.807) is 0 Å². The maximum absolute atomic E-state index is 5.78. The summed E-state index contributed by atoms with van der Waals surface area (Å²) >= 11 is 3.60. The van der Waals surface area contributed by atoms with Gasteiger partial charge in [0.1, 0.15) is 5.75 Å². The smallest absolute Gasteiger partial charge is 0.127 e. The molecule has 0 radical (unpaired) electrons. The van der Waals surface area contributed by atoms with Crippen molar-refractivity contribution in [1.82, 2.24) is 10.2 Å². The van der Waals surface area contributed by atoms with Crippen molar-refractivity contribution in [3.8, 4) is 18.1 Å². The van der Waals surface area contributed by atoms with Crippen molar-refractivity contribution in [1.29, 1.82) is 0 Å². The first-order valence-electron chi connectivity index (χ1n) is 7.59. The summed E-state index contributed by atoms with van der Waals surface area (Å²) in [6.45, 7) is 4.65. The number of likely N-dealkylation sites (tertiary alicyclic amines) is 1. The number of ether oxygens (including phenoxy) is 1. The highest BCUT2D eigenvalue weighted by atomic mass is 79.9. The summed E-state index contributed by atoms with van der Waals surface area (Å²) in [6, 6.07) is 4.92. The number of terminal acetylenes is 1. The number of hydrogen-bond acceptors (Lipinski definition) is 3. The Morgan fingerprint density at radius 3 is 2.95 bits per heavy atom. The summed E-state index contributed by atoms with van der Waals surface area (Å²) in [5, 5.41) is 3.68.